The number of nitrogens with zero attached hydrogens (tertiary/aromatic N) is 1. The first-order valence-electron chi connectivity index (χ1n) is 12.4. The predicted octanol–water partition coefficient (Wildman–Crippen LogP) is 5.04. The Bertz CT molecular complexity index is 987. The molecule has 1 fully saturated rings. The Hall–Kier alpha value is -2.06. The highest BCUT2D eigenvalue weighted by atomic mass is 32.2. The Morgan fingerprint density at radius 2 is 1.77 bits per heavy atom. The summed E-state index contributed by atoms with van der Waals surface area (Å²) in [5.74, 6) is 0. The van der Waals surface area contributed by atoms with Crippen LogP contribution in [0.15, 0.2) is 54.6 Å². The van der Waals surface area contributed by atoms with E-state index in [-0.39, 0.29) is 18.7 Å². The standard InChI is InChI=1S/C28H41N3O3S/c1-26(2,3)34-25(32)31-17-11-16-28(20-29,30-35(33)27(4,5)6)24(31)19-21-12-10-15-23(18-21)22-13-8-7-9-14-22/h7-10,12-15,18,24,30H,11,16-17,19-20,29H2,1-6H3/t24-,28-,35-/m1/s1. The molecule has 2 aromatic rings. The molecule has 2 aromatic carbocycles. The van der Waals surface area contributed by atoms with Crippen LogP contribution in [0.3, 0.4) is 0 Å². The fraction of sp³-hybridized carbons (Fsp3) is 0.536. The molecule has 3 N–H and O–H groups in total. The molecule has 192 valence electrons. The number of carbonyl (C=O) groups is 1. The number of nitrogens with two attached hydrogens (primary N) is 1. The van der Waals surface area contributed by atoms with Crippen LogP contribution in [0.25, 0.3) is 11.1 Å². The lowest BCUT2D eigenvalue weighted by Gasteiger charge is -2.50. The summed E-state index contributed by atoms with van der Waals surface area (Å²) in [6.45, 7) is 12.3. The van der Waals surface area contributed by atoms with Crippen LogP contribution in [0.2, 0.25) is 0 Å². The topological polar surface area (TPSA) is 90.7 Å². The zero-order valence-corrected chi connectivity index (χ0v) is 22.8. The molecule has 0 saturated carbocycles. The summed E-state index contributed by atoms with van der Waals surface area (Å²) in [6.07, 6.45) is 1.70. The van der Waals surface area contributed by atoms with Crippen LogP contribution in [-0.2, 0) is 22.5 Å². The van der Waals surface area contributed by atoms with E-state index in [4.69, 9.17) is 10.5 Å². The average molecular weight is 500 g/mol. The normalized spacial score (nSPS) is 22.1. The van der Waals surface area contributed by atoms with Gasteiger partial charge in [0.15, 0.2) is 0 Å². The number of benzene rings is 2. The van der Waals surface area contributed by atoms with Gasteiger partial charge in [0.1, 0.15) is 10.3 Å². The second-order valence-corrected chi connectivity index (χ2v) is 13.4. The highest BCUT2D eigenvalue weighted by Gasteiger charge is 2.50. The summed E-state index contributed by atoms with van der Waals surface area (Å²) in [5.41, 5.74) is 8.45. The number of hydrogen-bond acceptors (Lipinski definition) is 5. The van der Waals surface area contributed by atoms with E-state index in [9.17, 15) is 9.35 Å². The second kappa shape index (κ2) is 10.9. The highest BCUT2D eigenvalue weighted by molar-refractivity contribution is 7.90. The van der Waals surface area contributed by atoms with Crippen LogP contribution < -0.4 is 10.5 Å². The third kappa shape index (κ3) is 7.00. The molecule has 1 aliphatic heterocycles. The van der Waals surface area contributed by atoms with Crippen molar-refractivity contribution in [2.45, 2.75) is 82.7 Å². The van der Waals surface area contributed by atoms with E-state index in [0.717, 1.165) is 29.5 Å². The van der Waals surface area contributed by atoms with Gasteiger partial charge in [0, 0.05) is 24.5 Å². The van der Waals surface area contributed by atoms with E-state index in [2.05, 4.69) is 35.1 Å². The molecule has 1 amide bonds. The molecule has 6 nitrogen and oxygen atoms in total. The first-order chi connectivity index (χ1) is 16.3. The van der Waals surface area contributed by atoms with E-state index in [1.165, 1.54) is 0 Å². The number of ether oxygens (including phenoxy) is 1. The summed E-state index contributed by atoms with van der Waals surface area (Å²) >= 11 is -1.34. The summed E-state index contributed by atoms with van der Waals surface area (Å²) in [7, 11) is 0. The summed E-state index contributed by atoms with van der Waals surface area (Å²) in [6, 6.07) is 18.3. The van der Waals surface area contributed by atoms with E-state index < -0.39 is 27.2 Å². The third-order valence-electron chi connectivity index (χ3n) is 6.34. The highest BCUT2D eigenvalue weighted by Crippen LogP contribution is 2.34. The monoisotopic (exact) mass is 499 g/mol. The van der Waals surface area contributed by atoms with Gasteiger partial charge in [-0.05, 0) is 77.5 Å². The maximum Gasteiger partial charge on any atom is 0.410 e. The predicted molar refractivity (Wildman–Crippen MR) is 144 cm³/mol. The third-order valence-corrected chi connectivity index (χ3v) is 8.05. The van der Waals surface area contributed by atoms with E-state index in [0.29, 0.717) is 13.0 Å². The van der Waals surface area contributed by atoms with Gasteiger partial charge in [-0.1, -0.05) is 54.6 Å². The van der Waals surface area contributed by atoms with Crippen molar-refractivity contribution in [2.75, 3.05) is 13.1 Å². The summed E-state index contributed by atoms with van der Waals surface area (Å²) < 4.78 is 22.0. The molecule has 1 heterocycles. The minimum atomic E-state index is -1.34. The van der Waals surface area contributed by atoms with Crippen molar-refractivity contribution >= 4 is 17.5 Å². The number of rotatable bonds is 6. The molecular weight excluding hydrogens is 458 g/mol. The number of hydrogen-bond donors (Lipinski definition) is 2. The summed E-state index contributed by atoms with van der Waals surface area (Å²) in [4.78, 5) is 15.1. The fourth-order valence-corrected chi connectivity index (χ4v) is 5.50. The van der Waals surface area contributed by atoms with Crippen molar-refractivity contribution in [3.05, 3.63) is 60.2 Å². The number of carbonyl (C=O) groups excluding carboxylic acids is 1. The first kappa shape index (κ1) is 27.5. The first-order valence-corrected chi connectivity index (χ1v) is 13.5. The van der Waals surface area contributed by atoms with Crippen molar-refractivity contribution in [3.63, 3.8) is 0 Å². The molecule has 0 aromatic heterocycles. The van der Waals surface area contributed by atoms with Crippen LogP contribution in [-0.4, -0.2) is 50.6 Å². The van der Waals surface area contributed by atoms with Gasteiger partial charge in [-0.25, -0.2) is 4.79 Å². The van der Waals surface area contributed by atoms with Crippen LogP contribution in [0.5, 0.6) is 0 Å². The van der Waals surface area contributed by atoms with Crippen LogP contribution in [0.4, 0.5) is 4.79 Å². The minimum absolute atomic E-state index is 0.261. The second-order valence-electron chi connectivity index (χ2n) is 11.4. The van der Waals surface area contributed by atoms with Crippen LogP contribution >= 0.6 is 0 Å². The van der Waals surface area contributed by atoms with E-state index in [1.54, 1.807) is 4.90 Å². The van der Waals surface area contributed by atoms with Gasteiger partial charge in [-0.15, -0.1) is 4.72 Å². The van der Waals surface area contributed by atoms with E-state index >= 15 is 0 Å². The molecule has 1 aliphatic rings. The Morgan fingerprint density at radius 1 is 1.11 bits per heavy atom. The van der Waals surface area contributed by atoms with E-state index in [1.807, 2.05) is 65.8 Å². The van der Waals surface area contributed by atoms with Gasteiger partial charge in [0.25, 0.3) is 0 Å². The molecule has 7 heteroatoms. The van der Waals surface area contributed by atoms with Crippen molar-refractivity contribution < 1.29 is 14.1 Å². The van der Waals surface area contributed by atoms with Gasteiger partial charge < -0.3 is 19.9 Å². The van der Waals surface area contributed by atoms with Crippen LogP contribution in [0.1, 0.15) is 59.9 Å². The number of likely N-dealkylation sites (tertiary alicyclic amines) is 1. The van der Waals surface area contributed by atoms with Crippen molar-refractivity contribution in [3.8, 4) is 11.1 Å². The fourth-order valence-electron chi connectivity index (χ4n) is 4.50. The van der Waals surface area contributed by atoms with Gasteiger partial charge in [0.05, 0.1) is 11.6 Å². The smallest absolute Gasteiger partial charge is 0.410 e. The molecule has 0 aliphatic carbocycles. The molecular formula is C28H41N3O3S. The van der Waals surface area contributed by atoms with Gasteiger partial charge in [0.2, 0.25) is 0 Å². The molecule has 0 radical (unpaired) electrons. The molecule has 0 unspecified atom stereocenters. The maximum absolute atomic E-state index is 13.3. The van der Waals surface area contributed by atoms with Crippen molar-refractivity contribution in [2.24, 2.45) is 5.73 Å². The minimum Gasteiger partial charge on any atom is -0.598 e. The van der Waals surface area contributed by atoms with Crippen molar-refractivity contribution in [1.82, 2.24) is 9.62 Å². The zero-order valence-electron chi connectivity index (χ0n) is 22.0. The van der Waals surface area contributed by atoms with Crippen LogP contribution in [0, 0.1) is 0 Å². The number of nitrogens with one attached hydrogen (secondary N) is 1. The lowest BCUT2D eigenvalue weighted by molar-refractivity contribution is -0.00635. The Balaban J connectivity index is 2.00. The Kier molecular flexibility index (Phi) is 8.58. The Labute approximate surface area is 213 Å². The summed E-state index contributed by atoms with van der Waals surface area (Å²) in [5, 5.41) is 0. The molecule has 0 spiro atoms. The molecule has 35 heavy (non-hydrogen) atoms. The van der Waals surface area contributed by atoms with Crippen molar-refractivity contribution in [1.29, 1.82) is 0 Å². The lowest BCUT2D eigenvalue weighted by atomic mass is 9.78. The molecule has 0 bridgehead atoms. The molecule has 3 atom stereocenters. The molecule has 3 rings (SSSR count). The number of piperidine rings is 1. The lowest BCUT2D eigenvalue weighted by Crippen LogP contribution is -2.71. The van der Waals surface area contributed by atoms with Gasteiger partial charge in [-0.2, -0.15) is 0 Å². The zero-order chi connectivity index (χ0) is 25.9. The maximum atomic E-state index is 13.3. The Morgan fingerprint density at radius 3 is 2.37 bits per heavy atom. The quantitative estimate of drug-likeness (QED) is 0.543. The number of amides is 1. The van der Waals surface area contributed by atoms with Gasteiger partial charge >= 0.3 is 6.09 Å². The van der Waals surface area contributed by atoms with Gasteiger partial charge in [-0.3, -0.25) is 0 Å². The molecule has 1 saturated heterocycles. The average Bonchev–Trinajstić information content (AvgIpc) is 2.79. The largest absolute Gasteiger partial charge is 0.598 e. The SMILES string of the molecule is CC(C)(C)OC(=O)N1CCC[C@](CN)(N[S@+]([O-])C(C)(C)C)[C@H]1Cc1cccc(-c2ccccc2)c1.